The average molecular weight is 334 g/mol. The predicted octanol–water partition coefficient (Wildman–Crippen LogP) is 3.26. The first kappa shape index (κ1) is 17.3. The number of para-hydroxylation sites is 1. The molecule has 0 heterocycles. The molecule has 4 nitrogen and oxygen atoms in total. The zero-order valence-electron chi connectivity index (χ0n) is 13.2. The number of rotatable bonds is 6. The lowest BCUT2D eigenvalue weighted by atomic mass is 10.0. The van der Waals surface area contributed by atoms with Crippen LogP contribution in [-0.4, -0.2) is 18.1 Å². The van der Waals surface area contributed by atoms with E-state index in [1.807, 2.05) is 24.3 Å². The number of ether oxygens (including phenoxy) is 1. The molecule has 0 saturated heterocycles. The van der Waals surface area contributed by atoms with E-state index < -0.39 is 12.0 Å². The van der Waals surface area contributed by atoms with E-state index >= 15 is 0 Å². The first-order valence-corrected chi connectivity index (χ1v) is 7.83. The highest BCUT2D eigenvalue weighted by atomic mass is 35.5. The number of hydrogen-bond acceptors (Lipinski definition) is 3. The molecule has 2 rings (SSSR count). The summed E-state index contributed by atoms with van der Waals surface area (Å²) >= 11 is 6.04. The fourth-order valence-corrected chi connectivity index (χ4v) is 2.53. The summed E-state index contributed by atoms with van der Waals surface area (Å²) in [5.74, 6) is 0.317. The van der Waals surface area contributed by atoms with Crippen LogP contribution in [0.25, 0.3) is 0 Å². The van der Waals surface area contributed by atoms with E-state index in [2.05, 4.69) is 12.2 Å². The number of amides is 1. The molecular weight excluding hydrogens is 314 g/mol. The number of aliphatic hydroxyl groups is 1. The Bertz CT molecular complexity index is 688. The van der Waals surface area contributed by atoms with Crippen LogP contribution in [0.2, 0.25) is 5.02 Å². The van der Waals surface area contributed by atoms with Gasteiger partial charge in [-0.15, -0.1) is 0 Å². The number of carbonyl (C=O) groups excluding carboxylic acids is 1. The number of nitrogens with one attached hydrogen (secondary N) is 1. The van der Waals surface area contributed by atoms with Crippen LogP contribution in [0.3, 0.4) is 0 Å². The van der Waals surface area contributed by atoms with Crippen LogP contribution in [0.5, 0.6) is 5.75 Å². The minimum absolute atomic E-state index is 0.223. The second kappa shape index (κ2) is 7.99. The third-order valence-electron chi connectivity index (χ3n) is 3.63. The van der Waals surface area contributed by atoms with Gasteiger partial charge in [0.15, 0.2) is 6.10 Å². The molecule has 122 valence electrons. The van der Waals surface area contributed by atoms with Gasteiger partial charge in [-0.2, -0.15) is 0 Å². The van der Waals surface area contributed by atoms with Gasteiger partial charge in [-0.1, -0.05) is 42.8 Å². The van der Waals surface area contributed by atoms with Gasteiger partial charge in [-0.25, -0.2) is 0 Å². The molecule has 0 aliphatic rings. The summed E-state index contributed by atoms with van der Waals surface area (Å²) in [5.41, 5.74) is 2.27. The van der Waals surface area contributed by atoms with Crippen molar-refractivity contribution in [3.63, 3.8) is 0 Å². The second-order valence-electron chi connectivity index (χ2n) is 5.11. The summed E-state index contributed by atoms with van der Waals surface area (Å²) in [6.07, 6.45) is -0.392. The van der Waals surface area contributed by atoms with Crippen molar-refractivity contribution in [3.05, 3.63) is 64.2 Å². The highest BCUT2D eigenvalue weighted by molar-refractivity contribution is 6.30. The molecule has 5 heteroatoms. The smallest absolute Gasteiger partial charge is 0.253 e. The minimum Gasteiger partial charge on any atom is -0.489 e. The Balaban J connectivity index is 2.25. The van der Waals surface area contributed by atoms with Crippen molar-refractivity contribution in [2.75, 3.05) is 7.05 Å². The average Bonchev–Trinajstić information content (AvgIpc) is 2.58. The maximum Gasteiger partial charge on any atom is 0.253 e. The lowest BCUT2D eigenvalue weighted by Gasteiger charge is -2.16. The monoisotopic (exact) mass is 333 g/mol. The van der Waals surface area contributed by atoms with Crippen molar-refractivity contribution < 1.29 is 14.6 Å². The molecule has 1 atom stereocenters. The van der Waals surface area contributed by atoms with Crippen molar-refractivity contribution in [2.24, 2.45) is 0 Å². The van der Waals surface area contributed by atoms with Crippen LogP contribution in [0.1, 0.15) is 29.7 Å². The van der Waals surface area contributed by atoms with Crippen molar-refractivity contribution in [3.8, 4) is 5.75 Å². The van der Waals surface area contributed by atoms with Gasteiger partial charge in [0.05, 0.1) is 0 Å². The SMILES string of the molecule is CCc1ccccc1OCc1cc(Cl)ccc1C(O)C(=O)NC. The summed E-state index contributed by atoms with van der Waals surface area (Å²) < 4.78 is 5.87. The summed E-state index contributed by atoms with van der Waals surface area (Å²) in [5, 5.41) is 13.1. The van der Waals surface area contributed by atoms with E-state index in [0.29, 0.717) is 16.1 Å². The summed E-state index contributed by atoms with van der Waals surface area (Å²) in [4.78, 5) is 11.7. The number of halogens is 1. The molecule has 23 heavy (non-hydrogen) atoms. The van der Waals surface area contributed by atoms with E-state index in [1.54, 1.807) is 18.2 Å². The van der Waals surface area contributed by atoms with E-state index in [0.717, 1.165) is 17.7 Å². The Hall–Kier alpha value is -2.04. The summed E-state index contributed by atoms with van der Waals surface area (Å²) in [6, 6.07) is 12.8. The van der Waals surface area contributed by atoms with E-state index in [4.69, 9.17) is 16.3 Å². The zero-order chi connectivity index (χ0) is 16.8. The van der Waals surface area contributed by atoms with Crippen LogP contribution in [0.4, 0.5) is 0 Å². The van der Waals surface area contributed by atoms with Gasteiger partial charge >= 0.3 is 0 Å². The van der Waals surface area contributed by atoms with Crippen molar-refractivity contribution in [1.29, 1.82) is 0 Å². The molecule has 2 aromatic rings. The molecule has 1 unspecified atom stereocenters. The highest BCUT2D eigenvalue weighted by Gasteiger charge is 2.20. The lowest BCUT2D eigenvalue weighted by molar-refractivity contribution is -0.129. The molecule has 0 aromatic heterocycles. The largest absolute Gasteiger partial charge is 0.489 e. The number of aryl methyl sites for hydroxylation is 1. The zero-order valence-corrected chi connectivity index (χ0v) is 13.9. The summed E-state index contributed by atoms with van der Waals surface area (Å²) in [6.45, 7) is 2.28. The molecule has 0 bridgehead atoms. The minimum atomic E-state index is -1.25. The van der Waals surface area contributed by atoms with Gasteiger partial charge in [0.25, 0.3) is 5.91 Å². The Morgan fingerprint density at radius 1 is 1.26 bits per heavy atom. The normalized spacial score (nSPS) is 11.8. The first-order chi connectivity index (χ1) is 11.1. The topological polar surface area (TPSA) is 58.6 Å². The fourth-order valence-electron chi connectivity index (χ4n) is 2.34. The van der Waals surface area contributed by atoms with Crippen LogP contribution >= 0.6 is 11.6 Å². The van der Waals surface area contributed by atoms with E-state index in [9.17, 15) is 9.90 Å². The van der Waals surface area contributed by atoms with Crippen LogP contribution < -0.4 is 10.1 Å². The van der Waals surface area contributed by atoms with Gasteiger partial charge in [-0.05, 0) is 41.3 Å². The standard InChI is InChI=1S/C18H20ClNO3/c1-3-12-6-4-5-7-16(12)23-11-13-10-14(19)8-9-15(13)17(21)18(22)20-2/h4-10,17,21H,3,11H2,1-2H3,(H,20,22). The quantitative estimate of drug-likeness (QED) is 0.853. The van der Waals surface area contributed by atoms with Gasteiger partial charge in [0.1, 0.15) is 12.4 Å². The van der Waals surface area contributed by atoms with Crippen LogP contribution in [0.15, 0.2) is 42.5 Å². The van der Waals surface area contributed by atoms with Gasteiger partial charge < -0.3 is 15.2 Å². The predicted molar refractivity (Wildman–Crippen MR) is 90.6 cm³/mol. The Morgan fingerprint density at radius 2 is 2.00 bits per heavy atom. The fraction of sp³-hybridized carbons (Fsp3) is 0.278. The molecular formula is C18H20ClNO3. The molecule has 2 N–H and O–H groups in total. The molecule has 0 radical (unpaired) electrons. The number of benzene rings is 2. The Kier molecular flexibility index (Phi) is 6.02. The maximum atomic E-state index is 11.7. The maximum absolute atomic E-state index is 11.7. The molecule has 0 aliphatic carbocycles. The number of hydrogen-bond donors (Lipinski definition) is 2. The molecule has 0 spiro atoms. The van der Waals surface area contributed by atoms with E-state index in [-0.39, 0.29) is 6.61 Å². The lowest BCUT2D eigenvalue weighted by Crippen LogP contribution is -2.26. The van der Waals surface area contributed by atoms with Crippen LogP contribution in [-0.2, 0) is 17.8 Å². The number of carbonyl (C=O) groups is 1. The van der Waals surface area contributed by atoms with E-state index in [1.165, 1.54) is 7.05 Å². The highest BCUT2D eigenvalue weighted by Crippen LogP contribution is 2.25. The summed E-state index contributed by atoms with van der Waals surface area (Å²) in [7, 11) is 1.48. The van der Waals surface area contributed by atoms with Crippen molar-refractivity contribution in [1.82, 2.24) is 5.32 Å². The molecule has 2 aromatic carbocycles. The Labute approximate surface area is 141 Å². The van der Waals surface area contributed by atoms with Crippen molar-refractivity contribution >= 4 is 17.5 Å². The van der Waals surface area contributed by atoms with Crippen LogP contribution in [0, 0.1) is 0 Å². The first-order valence-electron chi connectivity index (χ1n) is 7.45. The second-order valence-corrected chi connectivity index (χ2v) is 5.55. The third kappa shape index (κ3) is 4.24. The molecule has 0 fully saturated rings. The molecule has 0 saturated carbocycles. The number of aliphatic hydroxyl groups excluding tert-OH is 1. The van der Waals surface area contributed by atoms with Gasteiger partial charge in [0.2, 0.25) is 0 Å². The van der Waals surface area contributed by atoms with Gasteiger partial charge in [0, 0.05) is 12.1 Å². The Morgan fingerprint density at radius 3 is 2.70 bits per heavy atom. The third-order valence-corrected chi connectivity index (χ3v) is 3.87. The number of likely N-dealkylation sites (N-methyl/N-ethyl adjacent to an activating group) is 1. The molecule has 0 aliphatic heterocycles. The van der Waals surface area contributed by atoms with Crippen molar-refractivity contribution in [2.45, 2.75) is 26.1 Å². The van der Waals surface area contributed by atoms with Gasteiger partial charge in [-0.3, -0.25) is 4.79 Å². The molecule has 1 amide bonds.